The summed E-state index contributed by atoms with van der Waals surface area (Å²) >= 11 is 1.33. The van der Waals surface area contributed by atoms with Crippen LogP contribution in [0.5, 0.6) is 0 Å². The molecule has 1 aromatic carbocycles. The summed E-state index contributed by atoms with van der Waals surface area (Å²) < 4.78 is 5.64. The van der Waals surface area contributed by atoms with Crippen molar-refractivity contribution in [3.05, 3.63) is 47.3 Å². The van der Waals surface area contributed by atoms with Crippen LogP contribution in [0.25, 0.3) is 10.6 Å². The molecule has 3 aromatic rings. The smallest absolute Gasteiger partial charge is 0.258 e. The number of anilines is 3. The quantitative estimate of drug-likeness (QED) is 0.445. The Labute approximate surface area is 160 Å². The third kappa shape index (κ3) is 4.27. The molecule has 0 radical (unpaired) electrons. The van der Waals surface area contributed by atoms with Crippen LogP contribution in [0.1, 0.15) is 9.67 Å². The summed E-state index contributed by atoms with van der Waals surface area (Å²) in [5, 5.41) is 17.1. The van der Waals surface area contributed by atoms with Crippen molar-refractivity contribution in [1.82, 2.24) is 15.5 Å². The summed E-state index contributed by atoms with van der Waals surface area (Å²) in [5.41, 5.74) is 8.05. The number of carbonyl (C=O) groups is 1. The van der Waals surface area contributed by atoms with Gasteiger partial charge in [0, 0.05) is 30.5 Å². The number of thiophene rings is 1. The summed E-state index contributed by atoms with van der Waals surface area (Å²) in [5.74, 6) is 0.270. The SMILES string of the molecule is NC(=O)c1ccc(-c2cc(Nc3ccc(NC4CNCCO4)cc3)n[nH]2)s1. The standard InChI is InChI=1S/C18H20N6O2S/c19-18(25)15-6-5-14(27-15)13-9-16(24-23-13)21-11-1-3-12(4-2-11)22-17-10-20-7-8-26-17/h1-6,9,17,20,22H,7-8,10H2,(H2,19,25)(H2,21,23,24). The van der Waals surface area contributed by atoms with Gasteiger partial charge in [0.2, 0.25) is 0 Å². The summed E-state index contributed by atoms with van der Waals surface area (Å²) in [6, 6.07) is 13.4. The Morgan fingerprint density at radius 3 is 2.74 bits per heavy atom. The van der Waals surface area contributed by atoms with Crippen molar-refractivity contribution in [3.8, 4) is 10.6 Å². The van der Waals surface area contributed by atoms with Gasteiger partial charge in [-0.2, -0.15) is 5.10 Å². The molecule has 1 amide bonds. The summed E-state index contributed by atoms with van der Waals surface area (Å²) in [4.78, 5) is 12.7. The number of H-pyrrole nitrogens is 1. The van der Waals surface area contributed by atoms with Gasteiger partial charge in [-0.3, -0.25) is 9.89 Å². The van der Waals surface area contributed by atoms with Crippen LogP contribution in [0.3, 0.4) is 0 Å². The van der Waals surface area contributed by atoms with E-state index in [4.69, 9.17) is 10.5 Å². The van der Waals surface area contributed by atoms with Gasteiger partial charge in [0.25, 0.3) is 5.91 Å². The first kappa shape index (κ1) is 17.5. The monoisotopic (exact) mass is 384 g/mol. The molecule has 9 heteroatoms. The molecule has 140 valence electrons. The molecular weight excluding hydrogens is 364 g/mol. The maximum absolute atomic E-state index is 11.2. The van der Waals surface area contributed by atoms with Crippen LogP contribution in [0.4, 0.5) is 17.2 Å². The lowest BCUT2D eigenvalue weighted by atomic mass is 10.2. The molecule has 0 aliphatic carbocycles. The highest BCUT2D eigenvalue weighted by Gasteiger charge is 2.13. The Bertz CT molecular complexity index is 914. The highest BCUT2D eigenvalue weighted by molar-refractivity contribution is 7.17. The molecule has 6 N–H and O–H groups in total. The van der Waals surface area contributed by atoms with Crippen LogP contribution in [0.2, 0.25) is 0 Å². The second-order valence-electron chi connectivity index (χ2n) is 6.11. The fraction of sp³-hybridized carbons (Fsp3) is 0.222. The molecule has 1 atom stereocenters. The summed E-state index contributed by atoms with van der Waals surface area (Å²) in [7, 11) is 0. The van der Waals surface area contributed by atoms with Crippen molar-refractivity contribution in [2.24, 2.45) is 5.73 Å². The number of aromatic nitrogens is 2. The number of nitrogens with one attached hydrogen (secondary N) is 4. The second kappa shape index (κ2) is 7.78. The number of morpholine rings is 1. The van der Waals surface area contributed by atoms with E-state index in [0.29, 0.717) is 17.3 Å². The maximum atomic E-state index is 11.2. The van der Waals surface area contributed by atoms with E-state index in [-0.39, 0.29) is 6.23 Å². The first-order valence-electron chi connectivity index (χ1n) is 8.59. The molecule has 1 aliphatic rings. The van der Waals surface area contributed by atoms with E-state index in [2.05, 4.69) is 26.1 Å². The molecular formula is C18H20N6O2S. The minimum Gasteiger partial charge on any atom is -0.365 e. The number of benzene rings is 1. The zero-order chi connectivity index (χ0) is 18.6. The first-order chi connectivity index (χ1) is 13.2. The number of hydrogen-bond acceptors (Lipinski definition) is 7. The summed E-state index contributed by atoms with van der Waals surface area (Å²) in [6.45, 7) is 2.39. The largest absolute Gasteiger partial charge is 0.365 e. The maximum Gasteiger partial charge on any atom is 0.258 e. The molecule has 0 spiro atoms. The minimum atomic E-state index is -0.424. The third-order valence-electron chi connectivity index (χ3n) is 4.10. The van der Waals surface area contributed by atoms with Crippen molar-refractivity contribution < 1.29 is 9.53 Å². The van der Waals surface area contributed by atoms with Gasteiger partial charge in [0.15, 0.2) is 5.82 Å². The fourth-order valence-electron chi connectivity index (χ4n) is 2.77. The topological polar surface area (TPSA) is 117 Å². The van der Waals surface area contributed by atoms with E-state index in [1.54, 1.807) is 6.07 Å². The molecule has 1 unspecified atom stereocenters. The van der Waals surface area contributed by atoms with E-state index < -0.39 is 5.91 Å². The van der Waals surface area contributed by atoms with E-state index >= 15 is 0 Å². The normalized spacial score (nSPS) is 16.8. The van der Waals surface area contributed by atoms with Gasteiger partial charge in [-0.25, -0.2) is 0 Å². The molecule has 27 heavy (non-hydrogen) atoms. The van der Waals surface area contributed by atoms with E-state index in [1.807, 2.05) is 36.4 Å². The van der Waals surface area contributed by atoms with Gasteiger partial charge in [-0.05, 0) is 36.4 Å². The van der Waals surface area contributed by atoms with E-state index in [0.717, 1.165) is 35.0 Å². The van der Waals surface area contributed by atoms with Crippen LogP contribution in [0, 0.1) is 0 Å². The highest BCUT2D eigenvalue weighted by atomic mass is 32.1. The van der Waals surface area contributed by atoms with Gasteiger partial charge in [0.05, 0.1) is 22.1 Å². The van der Waals surface area contributed by atoms with Crippen LogP contribution in [0.15, 0.2) is 42.5 Å². The molecule has 2 aromatic heterocycles. The van der Waals surface area contributed by atoms with Crippen molar-refractivity contribution in [1.29, 1.82) is 0 Å². The number of primary amides is 1. The molecule has 1 fully saturated rings. The molecule has 1 aliphatic heterocycles. The first-order valence-corrected chi connectivity index (χ1v) is 9.40. The van der Waals surface area contributed by atoms with Gasteiger partial charge < -0.3 is 26.4 Å². The second-order valence-corrected chi connectivity index (χ2v) is 7.19. The molecule has 0 bridgehead atoms. The Morgan fingerprint density at radius 2 is 2.04 bits per heavy atom. The number of carbonyl (C=O) groups excluding carboxylic acids is 1. The zero-order valence-electron chi connectivity index (χ0n) is 14.5. The number of hydrogen-bond donors (Lipinski definition) is 5. The van der Waals surface area contributed by atoms with Gasteiger partial charge in [-0.15, -0.1) is 11.3 Å². The predicted molar refractivity (Wildman–Crippen MR) is 106 cm³/mol. The fourth-order valence-corrected chi connectivity index (χ4v) is 3.59. The Morgan fingerprint density at radius 1 is 1.22 bits per heavy atom. The average molecular weight is 384 g/mol. The average Bonchev–Trinajstić information content (AvgIpc) is 3.34. The molecule has 0 saturated carbocycles. The van der Waals surface area contributed by atoms with Crippen molar-refractivity contribution in [2.75, 3.05) is 30.3 Å². The number of ether oxygens (including phenoxy) is 1. The molecule has 1 saturated heterocycles. The lowest BCUT2D eigenvalue weighted by molar-refractivity contribution is 0.0468. The van der Waals surface area contributed by atoms with Gasteiger partial charge in [0.1, 0.15) is 6.23 Å². The van der Waals surface area contributed by atoms with Crippen molar-refractivity contribution >= 4 is 34.4 Å². The predicted octanol–water partition coefficient (Wildman–Crippen LogP) is 2.34. The van der Waals surface area contributed by atoms with Crippen LogP contribution in [-0.2, 0) is 4.74 Å². The Balaban J connectivity index is 1.39. The van der Waals surface area contributed by atoms with Crippen LogP contribution < -0.4 is 21.7 Å². The molecule has 4 rings (SSSR count). The van der Waals surface area contributed by atoms with Crippen LogP contribution >= 0.6 is 11.3 Å². The van der Waals surface area contributed by atoms with Crippen molar-refractivity contribution in [2.45, 2.75) is 6.23 Å². The number of aromatic amines is 1. The van der Waals surface area contributed by atoms with Crippen molar-refractivity contribution in [3.63, 3.8) is 0 Å². The highest BCUT2D eigenvalue weighted by Crippen LogP contribution is 2.28. The van der Waals surface area contributed by atoms with E-state index in [9.17, 15) is 4.79 Å². The van der Waals surface area contributed by atoms with Gasteiger partial charge in [-0.1, -0.05) is 0 Å². The number of rotatable bonds is 6. The third-order valence-corrected chi connectivity index (χ3v) is 5.24. The Hall–Kier alpha value is -2.88. The zero-order valence-corrected chi connectivity index (χ0v) is 15.3. The lowest BCUT2D eigenvalue weighted by Crippen LogP contribution is -2.42. The summed E-state index contributed by atoms with van der Waals surface area (Å²) in [6.07, 6.45) is -0.0115. The number of nitrogens with zero attached hydrogens (tertiary/aromatic N) is 1. The molecule has 3 heterocycles. The molecule has 8 nitrogen and oxygen atoms in total. The lowest BCUT2D eigenvalue weighted by Gasteiger charge is -2.25. The van der Waals surface area contributed by atoms with Gasteiger partial charge >= 0.3 is 0 Å². The Kier molecular flexibility index (Phi) is 5.05. The van der Waals surface area contributed by atoms with E-state index in [1.165, 1.54) is 11.3 Å². The number of nitrogens with two attached hydrogens (primary N) is 1. The number of amides is 1. The minimum absolute atomic E-state index is 0.0115. The van der Waals surface area contributed by atoms with Crippen LogP contribution in [-0.4, -0.2) is 42.0 Å².